The number of nitrogens with zero attached hydrogens (tertiary/aromatic N) is 1. The number of hydrogen-bond acceptors (Lipinski definition) is 3. The number of ether oxygens (including phenoxy) is 1. The average molecular weight is 510 g/mol. The molecule has 0 aliphatic heterocycles. The molecule has 0 spiro atoms. The number of benzene rings is 2. The maximum absolute atomic E-state index is 12.0. The van der Waals surface area contributed by atoms with Crippen LogP contribution in [-0.4, -0.2) is 38.6 Å². The van der Waals surface area contributed by atoms with Gasteiger partial charge in [0.1, 0.15) is 5.75 Å². The zero-order valence-corrected chi connectivity index (χ0v) is 19.7. The topological polar surface area (TPSA) is 74.8 Å². The zero-order chi connectivity index (χ0) is 20.2. The molecule has 29 heavy (non-hydrogen) atoms. The van der Waals surface area contributed by atoms with Gasteiger partial charge in [0.25, 0.3) is 5.91 Å². The Morgan fingerprint density at radius 1 is 1.03 bits per heavy atom. The predicted octanol–water partition coefficient (Wildman–Crippen LogP) is 3.50. The van der Waals surface area contributed by atoms with E-state index in [1.807, 2.05) is 56.3 Å². The van der Waals surface area contributed by atoms with Crippen molar-refractivity contribution in [2.75, 3.05) is 26.7 Å². The lowest BCUT2D eigenvalue weighted by molar-refractivity contribution is 0.0953. The number of amides is 1. The molecule has 2 aromatic rings. The Hall–Kier alpha value is -2.29. The smallest absolute Gasteiger partial charge is 0.251 e. The minimum atomic E-state index is -0.0485. The van der Waals surface area contributed by atoms with Crippen LogP contribution >= 0.6 is 24.0 Å². The first-order valence-corrected chi connectivity index (χ1v) is 9.63. The van der Waals surface area contributed by atoms with E-state index in [4.69, 9.17) is 4.74 Å². The van der Waals surface area contributed by atoms with E-state index in [0.717, 1.165) is 35.8 Å². The SMILES string of the molecule is CCNC(=NCc1ccc(C)cc1OC)NCCCNC(=O)c1ccccc1.I. The zero-order valence-electron chi connectivity index (χ0n) is 17.3. The number of halogens is 1. The molecular weight excluding hydrogens is 479 g/mol. The summed E-state index contributed by atoms with van der Waals surface area (Å²) in [5.41, 5.74) is 2.88. The monoisotopic (exact) mass is 510 g/mol. The Bertz CT molecular complexity index is 782. The highest BCUT2D eigenvalue weighted by atomic mass is 127. The van der Waals surface area contributed by atoms with Crippen molar-refractivity contribution in [3.63, 3.8) is 0 Å². The lowest BCUT2D eigenvalue weighted by atomic mass is 10.1. The first-order valence-electron chi connectivity index (χ1n) is 9.63. The predicted molar refractivity (Wildman–Crippen MR) is 129 cm³/mol. The summed E-state index contributed by atoms with van der Waals surface area (Å²) in [5, 5.41) is 9.47. The molecule has 0 aliphatic rings. The molecule has 2 aromatic carbocycles. The second-order valence-corrected chi connectivity index (χ2v) is 6.41. The van der Waals surface area contributed by atoms with Gasteiger partial charge >= 0.3 is 0 Å². The number of methoxy groups -OCH3 is 1. The van der Waals surface area contributed by atoms with E-state index in [1.54, 1.807) is 7.11 Å². The summed E-state index contributed by atoms with van der Waals surface area (Å²) in [7, 11) is 1.68. The molecule has 0 aromatic heterocycles. The molecule has 0 unspecified atom stereocenters. The molecule has 3 N–H and O–H groups in total. The van der Waals surface area contributed by atoms with Crippen molar-refractivity contribution in [1.29, 1.82) is 0 Å². The summed E-state index contributed by atoms with van der Waals surface area (Å²) in [4.78, 5) is 16.6. The highest BCUT2D eigenvalue weighted by Crippen LogP contribution is 2.20. The molecule has 0 saturated carbocycles. The van der Waals surface area contributed by atoms with E-state index in [2.05, 4.69) is 27.0 Å². The number of nitrogens with one attached hydrogen (secondary N) is 3. The van der Waals surface area contributed by atoms with Crippen LogP contribution in [0.1, 0.15) is 34.8 Å². The van der Waals surface area contributed by atoms with Gasteiger partial charge in [-0.1, -0.05) is 30.3 Å². The minimum absolute atomic E-state index is 0. The van der Waals surface area contributed by atoms with Gasteiger partial charge in [-0.15, -0.1) is 24.0 Å². The third kappa shape index (κ3) is 8.72. The van der Waals surface area contributed by atoms with Crippen LogP contribution < -0.4 is 20.7 Å². The third-order valence-electron chi connectivity index (χ3n) is 4.16. The molecule has 0 saturated heterocycles. The largest absolute Gasteiger partial charge is 0.496 e. The number of guanidine groups is 1. The van der Waals surface area contributed by atoms with Crippen molar-refractivity contribution in [2.24, 2.45) is 4.99 Å². The summed E-state index contributed by atoms with van der Waals surface area (Å²) < 4.78 is 5.44. The molecule has 0 atom stereocenters. The maximum Gasteiger partial charge on any atom is 0.251 e. The van der Waals surface area contributed by atoms with Crippen LogP contribution in [0.25, 0.3) is 0 Å². The molecular formula is C22H31IN4O2. The quantitative estimate of drug-likeness (QED) is 0.209. The van der Waals surface area contributed by atoms with E-state index in [9.17, 15) is 4.79 Å². The van der Waals surface area contributed by atoms with E-state index in [1.165, 1.54) is 0 Å². The fraction of sp³-hybridized carbons (Fsp3) is 0.364. The number of aryl methyl sites for hydroxylation is 1. The summed E-state index contributed by atoms with van der Waals surface area (Å²) in [6, 6.07) is 15.3. The highest BCUT2D eigenvalue weighted by molar-refractivity contribution is 14.0. The molecule has 2 rings (SSSR count). The number of aliphatic imine (C=N–C) groups is 1. The molecule has 0 bridgehead atoms. The van der Waals surface area contributed by atoms with E-state index in [0.29, 0.717) is 25.2 Å². The number of carbonyl (C=O) groups excluding carboxylic acids is 1. The first-order chi connectivity index (χ1) is 13.6. The molecule has 1 amide bonds. The maximum atomic E-state index is 12.0. The molecule has 7 heteroatoms. The van der Waals surface area contributed by atoms with Gasteiger partial charge in [-0.2, -0.15) is 0 Å². The average Bonchev–Trinajstić information content (AvgIpc) is 2.72. The fourth-order valence-electron chi connectivity index (χ4n) is 2.68. The summed E-state index contributed by atoms with van der Waals surface area (Å²) in [5.74, 6) is 1.55. The molecule has 0 aliphatic carbocycles. The normalized spacial score (nSPS) is 10.7. The van der Waals surface area contributed by atoms with Gasteiger partial charge in [-0.25, -0.2) is 4.99 Å². The number of carbonyl (C=O) groups is 1. The van der Waals surface area contributed by atoms with Crippen LogP contribution in [0.4, 0.5) is 0 Å². The van der Waals surface area contributed by atoms with Crippen molar-refractivity contribution >= 4 is 35.8 Å². The lowest BCUT2D eigenvalue weighted by Crippen LogP contribution is -2.38. The fourth-order valence-corrected chi connectivity index (χ4v) is 2.68. The van der Waals surface area contributed by atoms with Crippen molar-refractivity contribution in [2.45, 2.75) is 26.8 Å². The Morgan fingerprint density at radius 3 is 2.45 bits per heavy atom. The second kappa shape index (κ2) is 13.8. The van der Waals surface area contributed by atoms with Gasteiger partial charge in [0.2, 0.25) is 0 Å². The van der Waals surface area contributed by atoms with E-state index < -0.39 is 0 Å². The van der Waals surface area contributed by atoms with Gasteiger partial charge in [-0.3, -0.25) is 4.79 Å². The second-order valence-electron chi connectivity index (χ2n) is 6.41. The van der Waals surface area contributed by atoms with Gasteiger partial charge in [-0.05, 0) is 44.0 Å². The van der Waals surface area contributed by atoms with Crippen LogP contribution in [0, 0.1) is 6.92 Å². The Labute approximate surface area is 190 Å². The number of hydrogen-bond donors (Lipinski definition) is 3. The van der Waals surface area contributed by atoms with Gasteiger partial charge in [0.05, 0.1) is 13.7 Å². The van der Waals surface area contributed by atoms with Crippen molar-refractivity contribution in [1.82, 2.24) is 16.0 Å². The van der Waals surface area contributed by atoms with Crippen molar-refractivity contribution in [3.8, 4) is 5.75 Å². The van der Waals surface area contributed by atoms with Gasteiger partial charge in [0, 0.05) is 30.8 Å². The molecule has 0 radical (unpaired) electrons. The molecule has 0 heterocycles. The van der Waals surface area contributed by atoms with Gasteiger partial charge < -0.3 is 20.7 Å². The van der Waals surface area contributed by atoms with Crippen LogP contribution in [0.3, 0.4) is 0 Å². The highest BCUT2D eigenvalue weighted by Gasteiger charge is 2.05. The Morgan fingerprint density at radius 2 is 1.76 bits per heavy atom. The summed E-state index contributed by atoms with van der Waals surface area (Å²) in [6.07, 6.45) is 0.802. The van der Waals surface area contributed by atoms with Crippen LogP contribution in [0.2, 0.25) is 0 Å². The lowest BCUT2D eigenvalue weighted by Gasteiger charge is -2.13. The van der Waals surface area contributed by atoms with Gasteiger partial charge in [0.15, 0.2) is 5.96 Å². The number of rotatable bonds is 9. The van der Waals surface area contributed by atoms with Crippen molar-refractivity contribution < 1.29 is 9.53 Å². The Kier molecular flexibility index (Phi) is 11.8. The Balaban J connectivity index is 0.00000420. The van der Waals surface area contributed by atoms with E-state index in [-0.39, 0.29) is 29.9 Å². The van der Waals surface area contributed by atoms with E-state index >= 15 is 0 Å². The summed E-state index contributed by atoms with van der Waals surface area (Å²) in [6.45, 7) is 6.70. The van der Waals surface area contributed by atoms with Crippen LogP contribution in [-0.2, 0) is 6.54 Å². The first kappa shape index (κ1) is 24.7. The molecule has 6 nitrogen and oxygen atoms in total. The minimum Gasteiger partial charge on any atom is -0.496 e. The van der Waals surface area contributed by atoms with Crippen LogP contribution in [0.15, 0.2) is 53.5 Å². The molecule has 158 valence electrons. The third-order valence-corrected chi connectivity index (χ3v) is 4.16. The van der Waals surface area contributed by atoms with Crippen molar-refractivity contribution in [3.05, 3.63) is 65.2 Å². The van der Waals surface area contributed by atoms with Crippen LogP contribution in [0.5, 0.6) is 5.75 Å². The molecule has 0 fully saturated rings. The summed E-state index contributed by atoms with van der Waals surface area (Å²) >= 11 is 0. The standard InChI is InChI=1S/C22H30N4O2.HI/c1-4-23-22(26-16-19-12-11-17(2)15-20(19)28-3)25-14-8-13-24-21(27)18-9-6-5-7-10-18;/h5-7,9-12,15H,4,8,13-14,16H2,1-3H3,(H,24,27)(H2,23,25,26);1H.